The van der Waals surface area contributed by atoms with Crippen LogP contribution in [0.3, 0.4) is 0 Å². The van der Waals surface area contributed by atoms with Crippen LogP contribution >= 0.6 is 0 Å². The molecule has 0 aliphatic carbocycles. The number of carbonyl (C=O) groups excluding carboxylic acids is 1. The summed E-state index contributed by atoms with van der Waals surface area (Å²) in [6.07, 6.45) is 2.09. The maximum absolute atomic E-state index is 10.8. The Labute approximate surface area is 68.2 Å². The zero-order valence-electron chi connectivity index (χ0n) is 7.35. The second kappa shape index (κ2) is 5.96. The molecule has 0 amide bonds. The Kier molecular flexibility index (Phi) is 5.53. The second-order valence-electron chi connectivity index (χ2n) is 2.68. The van der Waals surface area contributed by atoms with E-state index in [2.05, 4.69) is 6.58 Å². The van der Waals surface area contributed by atoms with Crippen LogP contribution in [0.1, 0.15) is 33.1 Å². The predicted octanol–water partition coefficient (Wildman–Crippen LogP) is 2.30. The Morgan fingerprint density at radius 2 is 2.09 bits per heavy atom. The number of rotatable bonds is 5. The highest BCUT2D eigenvalue weighted by Crippen LogP contribution is 2.01. The first-order chi connectivity index (χ1) is 5.16. The van der Waals surface area contributed by atoms with Gasteiger partial charge in [-0.05, 0) is 19.8 Å². The van der Waals surface area contributed by atoms with E-state index in [1.165, 1.54) is 0 Å². The van der Waals surface area contributed by atoms with Crippen LogP contribution in [0.4, 0.5) is 0 Å². The molecular weight excluding hydrogens is 140 g/mol. The van der Waals surface area contributed by atoms with Crippen molar-refractivity contribution in [1.29, 1.82) is 0 Å². The van der Waals surface area contributed by atoms with Gasteiger partial charge in [-0.2, -0.15) is 0 Å². The molecular formula is C9H16O2. The molecule has 0 aromatic carbocycles. The van der Waals surface area contributed by atoms with Gasteiger partial charge in [0, 0.05) is 6.42 Å². The number of esters is 1. The SMILES string of the molecule is C=C(C)CCC(=O)OCCC. The first-order valence-corrected chi connectivity index (χ1v) is 3.96. The van der Waals surface area contributed by atoms with Gasteiger partial charge in [0.05, 0.1) is 6.61 Å². The van der Waals surface area contributed by atoms with Crippen LogP contribution in [-0.4, -0.2) is 12.6 Å². The molecule has 0 aromatic rings. The summed E-state index contributed by atoms with van der Waals surface area (Å²) in [5.41, 5.74) is 1.03. The Morgan fingerprint density at radius 3 is 2.55 bits per heavy atom. The van der Waals surface area contributed by atoms with E-state index in [1.807, 2.05) is 13.8 Å². The minimum atomic E-state index is -0.116. The van der Waals surface area contributed by atoms with Gasteiger partial charge in [0.25, 0.3) is 0 Å². The largest absolute Gasteiger partial charge is 0.466 e. The number of allylic oxidation sites excluding steroid dienone is 1. The molecule has 2 heteroatoms. The van der Waals surface area contributed by atoms with E-state index in [1.54, 1.807) is 0 Å². The summed E-state index contributed by atoms with van der Waals surface area (Å²) in [6.45, 7) is 8.12. The summed E-state index contributed by atoms with van der Waals surface area (Å²) in [4.78, 5) is 10.8. The lowest BCUT2D eigenvalue weighted by atomic mass is 10.2. The van der Waals surface area contributed by atoms with Gasteiger partial charge in [0.1, 0.15) is 0 Å². The van der Waals surface area contributed by atoms with Crippen molar-refractivity contribution >= 4 is 5.97 Å². The van der Waals surface area contributed by atoms with E-state index < -0.39 is 0 Å². The highest BCUT2D eigenvalue weighted by atomic mass is 16.5. The molecule has 0 aromatic heterocycles. The number of hydrogen-bond donors (Lipinski definition) is 0. The molecule has 0 atom stereocenters. The van der Waals surface area contributed by atoms with Crippen LogP contribution in [0.5, 0.6) is 0 Å². The third kappa shape index (κ3) is 7.10. The summed E-state index contributed by atoms with van der Waals surface area (Å²) in [5.74, 6) is -0.116. The Balaban J connectivity index is 3.30. The first-order valence-electron chi connectivity index (χ1n) is 3.96. The molecule has 0 rings (SSSR count). The second-order valence-corrected chi connectivity index (χ2v) is 2.68. The average molecular weight is 156 g/mol. The molecule has 0 fully saturated rings. The highest BCUT2D eigenvalue weighted by molar-refractivity contribution is 5.69. The van der Waals surface area contributed by atoms with Crippen molar-refractivity contribution in [1.82, 2.24) is 0 Å². The van der Waals surface area contributed by atoms with Gasteiger partial charge in [-0.1, -0.05) is 12.5 Å². The standard InChI is InChI=1S/C9H16O2/c1-4-7-11-9(10)6-5-8(2)3/h2,4-7H2,1,3H3. The smallest absolute Gasteiger partial charge is 0.306 e. The lowest BCUT2D eigenvalue weighted by molar-refractivity contribution is -0.143. The third-order valence-electron chi connectivity index (χ3n) is 1.22. The fourth-order valence-corrected chi connectivity index (χ4v) is 0.604. The van der Waals surface area contributed by atoms with Crippen molar-refractivity contribution in [3.8, 4) is 0 Å². The predicted molar refractivity (Wildman–Crippen MR) is 45.3 cm³/mol. The van der Waals surface area contributed by atoms with Gasteiger partial charge in [0.15, 0.2) is 0 Å². The zero-order valence-corrected chi connectivity index (χ0v) is 7.35. The van der Waals surface area contributed by atoms with Crippen molar-refractivity contribution < 1.29 is 9.53 Å². The van der Waals surface area contributed by atoms with E-state index in [0.717, 1.165) is 18.4 Å². The quantitative estimate of drug-likeness (QED) is 0.451. The normalized spacial score (nSPS) is 9.27. The number of carbonyl (C=O) groups is 1. The van der Waals surface area contributed by atoms with Gasteiger partial charge in [0.2, 0.25) is 0 Å². The van der Waals surface area contributed by atoms with E-state index >= 15 is 0 Å². The van der Waals surface area contributed by atoms with Gasteiger partial charge in [-0.15, -0.1) is 6.58 Å². The summed E-state index contributed by atoms with van der Waals surface area (Å²) < 4.78 is 4.86. The van der Waals surface area contributed by atoms with E-state index in [9.17, 15) is 4.79 Å². The Morgan fingerprint density at radius 1 is 1.45 bits per heavy atom. The van der Waals surface area contributed by atoms with Crippen molar-refractivity contribution in [3.63, 3.8) is 0 Å². The summed E-state index contributed by atoms with van der Waals surface area (Å²) >= 11 is 0. The van der Waals surface area contributed by atoms with Crippen LogP contribution in [-0.2, 0) is 9.53 Å². The Hall–Kier alpha value is -0.790. The molecule has 0 heterocycles. The molecule has 0 spiro atoms. The Bertz CT molecular complexity index is 138. The molecule has 64 valence electrons. The van der Waals surface area contributed by atoms with Gasteiger partial charge >= 0.3 is 5.97 Å². The first kappa shape index (κ1) is 10.2. The van der Waals surface area contributed by atoms with Crippen LogP contribution in [0, 0.1) is 0 Å². The van der Waals surface area contributed by atoms with Crippen LogP contribution in [0.15, 0.2) is 12.2 Å². The van der Waals surface area contributed by atoms with Crippen LogP contribution in [0.2, 0.25) is 0 Å². The van der Waals surface area contributed by atoms with E-state index in [-0.39, 0.29) is 5.97 Å². The molecule has 0 radical (unpaired) electrons. The monoisotopic (exact) mass is 156 g/mol. The molecule has 0 aliphatic rings. The van der Waals surface area contributed by atoms with Crippen molar-refractivity contribution in [3.05, 3.63) is 12.2 Å². The van der Waals surface area contributed by atoms with Gasteiger partial charge in [-0.25, -0.2) is 0 Å². The molecule has 0 aliphatic heterocycles. The fourth-order valence-electron chi connectivity index (χ4n) is 0.604. The third-order valence-corrected chi connectivity index (χ3v) is 1.22. The van der Waals surface area contributed by atoms with Crippen LogP contribution < -0.4 is 0 Å². The molecule has 0 unspecified atom stereocenters. The summed E-state index contributed by atoms with van der Waals surface area (Å²) in [7, 11) is 0. The van der Waals surface area contributed by atoms with E-state index in [4.69, 9.17) is 4.74 Å². The molecule has 2 nitrogen and oxygen atoms in total. The highest BCUT2D eigenvalue weighted by Gasteiger charge is 2.00. The van der Waals surface area contributed by atoms with Crippen molar-refractivity contribution in [2.45, 2.75) is 33.1 Å². The average Bonchev–Trinajstić information content (AvgIpc) is 1.97. The van der Waals surface area contributed by atoms with Crippen molar-refractivity contribution in [2.24, 2.45) is 0 Å². The fraction of sp³-hybridized carbons (Fsp3) is 0.667. The molecule has 0 saturated heterocycles. The summed E-state index contributed by atoms with van der Waals surface area (Å²) in [6, 6.07) is 0. The lowest BCUT2D eigenvalue weighted by Crippen LogP contribution is -2.04. The maximum atomic E-state index is 10.8. The van der Waals surface area contributed by atoms with Gasteiger partial charge < -0.3 is 4.74 Å². The van der Waals surface area contributed by atoms with E-state index in [0.29, 0.717) is 13.0 Å². The molecule has 0 bridgehead atoms. The minimum absolute atomic E-state index is 0.116. The number of hydrogen-bond acceptors (Lipinski definition) is 2. The maximum Gasteiger partial charge on any atom is 0.306 e. The van der Waals surface area contributed by atoms with Crippen LogP contribution in [0.25, 0.3) is 0 Å². The molecule has 0 N–H and O–H groups in total. The van der Waals surface area contributed by atoms with Gasteiger partial charge in [-0.3, -0.25) is 4.79 Å². The summed E-state index contributed by atoms with van der Waals surface area (Å²) in [5, 5.41) is 0. The molecule has 11 heavy (non-hydrogen) atoms. The topological polar surface area (TPSA) is 26.3 Å². The number of ether oxygens (including phenoxy) is 1. The van der Waals surface area contributed by atoms with Crippen molar-refractivity contribution in [2.75, 3.05) is 6.61 Å². The minimum Gasteiger partial charge on any atom is -0.466 e. The molecule has 0 saturated carbocycles. The zero-order chi connectivity index (χ0) is 8.69. The lowest BCUT2D eigenvalue weighted by Gasteiger charge is -2.01.